The zero-order valence-corrected chi connectivity index (χ0v) is 29.8. The third-order valence-electron chi connectivity index (χ3n) is 11.0. The van der Waals surface area contributed by atoms with Crippen LogP contribution in [-0.2, 0) is 33.3 Å². The van der Waals surface area contributed by atoms with Crippen molar-refractivity contribution in [1.82, 2.24) is 9.80 Å². The molecule has 46 heavy (non-hydrogen) atoms. The number of methoxy groups -OCH3 is 1. The highest BCUT2D eigenvalue weighted by atomic mass is 16.7. The lowest BCUT2D eigenvalue weighted by atomic mass is 9.73. The molecule has 12 nitrogen and oxygen atoms in total. The molecule has 0 radical (unpaired) electrons. The number of likely N-dealkylation sites (N-methyl/N-ethyl adjacent to an activating group) is 1. The predicted molar refractivity (Wildman–Crippen MR) is 171 cm³/mol. The van der Waals surface area contributed by atoms with Gasteiger partial charge in [-0.15, -0.1) is 0 Å². The van der Waals surface area contributed by atoms with Gasteiger partial charge < -0.3 is 33.7 Å². The van der Waals surface area contributed by atoms with Gasteiger partial charge >= 0.3 is 12.1 Å². The number of aliphatic hydroxyl groups excluding tert-OH is 1. The number of cyclic esters (lactones) is 1. The summed E-state index contributed by atoms with van der Waals surface area (Å²) in [7, 11) is 5.39. The Labute approximate surface area is 274 Å². The van der Waals surface area contributed by atoms with Crippen molar-refractivity contribution >= 4 is 23.6 Å². The zero-order valence-electron chi connectivity index (χ0n) is 29.8. The topological polar surface area (TPSA) is 136 Å². The molecule has 262 valence electrons. The highest BCUT2D eigenvalue weighted by Gasteiger charge is 2.60. The van der Waals surface area contributed by atoms with Crippen LogP contribution in [0, 0.1) is 23.7 Å². The number of amides is 1. The van der Waals surface area contributed by atoms with E-state index >= 15 is 0 Å². The third-order valence-corrected chi connectivity index (χ3v) is 11.0. The standard InChI is InChI=1S/C34H57N3O9/c1-13-24-34(9)28-20(5)25(35-18(3)16-37(28)32(41)46-34)17(2)15-33(8,42-12)29(21(6)26(38)22(7)30(40)44-24)45-31-27(39)23(36(10)11)14-19(4)43-31/h17-24,27-29,31,39H,13-16H2,1-12H3/t17-,18+,19-,20+,21+,22-,23+,24+,27-,28-,29+,31+,33-,34-/m1/s1. The summed E-state index contributed by atoms with van der Waals surface area (Å²) in [6.07, 6.45) is -2.95. The molecule has 1 amide bonds. The van der Waals surface area contributed by atoms with Crippen molar-refractivity contribution in [1.29, 1.82) is 0 Å². The number of aliphatic imine (C=N–C) groups is 1. The summed E-state index contributed by atoms with van der Waals surface area (Å²) >= 11 is 0. The SMILES string of the molecule is CC[C@@H]1OC(=O)[C@H](C)C(=O)[C@H](C)[C@H](O[C@@H]2O[C@H](C)C[C@H](N(C)C)[C@H]2O)[C@](C)(OC)C[C@@H](C)C2=N[C@@H](C)CN3C(=O)O[C@@]1(C)[C@H]3[C@H]2C. The smallest absolute Gasteiger partial charge is 0.411 e. The molecule has 0 spiro atoms. The molecule has 0 aliphatic carbocycles. The number of rotatable bonds is 5. The van der Waals surface area contributed by atoms with Crippen LogP contribution >= 0.6 is 0 Å². The number of aliphatic hydroxyl groups is 1. The van der Waals surface area contributed by atoms with E-state index in [1.165, 1.54) is 6.92 Å². The minimum Gasteiger partial charge on any atom is -0.458 e. The number of ketones is 1. The summed E-state index contributed by atoms with van der Waals surface area (Å²) in [6, 6.07) is -0.871. The van der Waals surface area contributed by atoms with Crippen molar-refractivity contribution in [3.8, 4) is 0 Å². The number of fused-ring (bicyclic) bond motifs is 1. The minimum atomic E-state index is -1.16. The fourth-order valence-electron chi connectivity index (χ4n) is 8.50. The van der Waals surface area contributed by atoms with Crippen LogP contribution < -0.4 is 0 Å². The van der Waals surface area contributed by atoms with Crippen LogP contribution in [0.1, 0.15) is 81.6 Å². The minimum absolute atomic E-state index is 0.163. The van der Waals surface area contributed by atoms with Gasteiger partial charge in [-0.1, -0.05) is 27.7 Å². The summed E-state index contributed by atoms with van der Waals surface area (Å²) in [5.74, 6) is -3.46. The average molecular weight is 652 g/mol. The van der Waals surface area contributed by atoms with Gasteiger partial charge in [0.25, 0.3) is 0 Å². The molecular weight excluding hydrogens is 594 g/mol. The van der Waals surface area contributed by atoms with E-state index in [9.17, 15) is 19.5 Å². The van der Waals surface area contributed by atoms with Gasteiger partial charge in [0, 0.05) is 37.2 Å². The molecule has 0 aromatic heterocycles. The first-order valence-electron chi connectivity index (χ1n) is 16.9. The summed E-state index contributed by atoms with van der Waals surface area (Å²) in [4.78, 5) is 50.0. The lowest BCUT2D eigenvalue weighted by Gasteiger charge is -2.47. The molecule has 12 heteroatoms. The number of hydrogen-bond acceptors (Lipinski definition) is 11. The van der Waals surface area contributed by atoms with Crippen LogP contribution in [0.5, 0.6) is 0 Å². The van der Waals surface area contributed by atoms with E-state index in [0.717, 1.165) is 5.71 Å². The van der Waals surface area contributed by atoms with Gasteiger partial charge in [-0.2, -0.15) is 0 Å². The van der Waals surface area contributed by atoms with Crippen molar-refractivity contribution in [2.24, 2.45) is 28.7 Å². The second-order valence-electron chi connectivity index (χ2n) is 14.8. The van der Waals surface area contributed by atoms with Gasteiger partial charge in [0.05, 0.1) is 29.9 Å². The van der Waals surface area contributed by atoms with Crippen molar-refractivity contribution in [2.75, 3.05) is 27.7 Å². The molecule has 4 heterocycles. The summed E-state index contributed by atoms with van der Waals surface area (Å²) in [6.45, 7) is 17.3. The van der Waals surface area contributed by atoms with E-state index < -0.39 is 65.7 Å². The maximum Gasteiger partial charge on any atom is 0.411 e. The quantitative estimate of drug-likeness (QED) is 0.348. The molecule has 0 unspecified atom stereocenters. The fourth-order valence-corrected chi connectivity index (χ4v) is 8.50. The van der Waals surface area contributed by atoms with Crippen LogP contribution in [0.25, 0.3) is 0 Å². The van der Waals surface area contributed by atoms with Crippen LogP contribution in [0.2, 0.25) is 0 Å². The van der Waals surface area contributed by atoms with E-state index in [1.807, 2.05) is 60.5 Å². The Morgan fingerprint density at radius 3 is 2.30 bits per heavy atom. The van der Waals surface area contributed by atoms with E-state index in [0.29, 0.717) is 25.8 Å². The number of Topliss-reactive ketones (excluding diaryl/α,β-unsaturated/α-hetero) is 1. The summed E-state index contributed by atoms with van der Waals surface area (Å²) < 4.78 is 31.2. The van der Waals surface area contributed by atoms with Crippen LogP contribution in [0.3, 0.4) is 0 Å². The molecule has 14 atom stereocenters. The molecule has 3 fully saturated rings. The molecule has 0 aromatic rings. The number of esters is 1. The van der Waals surface area contributed by atoms with Crippen LogP contribution in [-0.4, -0.2) is 126 Å². The van der Waals surface area contributed by atoms with Crippen molar-refractivity contribution in [2.45, 2.75) is 142 Å². The third kappa shape index (κ3) is 6.61. The number of ether oxygens (including phenoxy) is 5. The van der Waals surface area contributed by atoms with Gasteiger partial charge in [-0.25, -0.2) is 4.79 Å². The molecule has 4 aliphatic rings. The maximum absolute atomic E-state index is 14.1. The first kappa shape index (κ1) is 36.7. The normalized spacial score (nSPS) is 45.9. The highest BCUT2D eigenvalue weighted by Crippen LogP contribution is 2.44. The average Bonchev–Trinajstić information content (AvgIpc) is 3.15. The van der Waals surface area contributed by atoms with Gasteiger partial charge in [-0.3, -0.25) is 19.5 Å². The highest BCUT2D eigenvalue weighted by molar-refractivity contribution is 6.00. The lowest BCUT2D eigenvalue weighted by Crippen LogP contribution is -2.60. The Bertz CT molecular complexity index is 1180. The maximum atomic E-state index is 14.1. The molecule has 2 bridgehead atoms. The van der Waals surface area contributed by atoms with Crippen LogP contribution in [0.15, 0.2) is 4.99 Å². The van der Waals surface area contributed by atoms with Gasteiger partial charge in [0.2, 0.25) is 0 Å². The first-order chi connectivity index (χ1) is 21.4. The second-order valence-corrected chi connectivity index (χ2v) is 14.8. The van der Waals surface area contributed by atoms with Crippen molar-refractivity contribution in [3.63, 3.8) is 0 Å². The number of carbonyl (C=O) groups is 3. The summed E-state index contributed by atoms with van der Waals surface area (Å²) in [5, 5.41) is 11.4. The van der Waals surface area contributed by atoms with Gasteiger partial charge in [-0.05, 0) is 73.9 Å². The number of hydrogen-bond donors (Lipinski definition) is 1. The van der Waals surface area contributed by atoms with Crippen molar-refractivity contribution < 1.29 is 43.2 Å². The molecule has 0 aromatic carbocycles. The fraction of sp³-hybridized carbons (Fsp3) is 0.882. The van der Waals surface area contributed by atoms with Crippen LogP contribution in [0.4, 0.5) is 4.79 Å². The van der Waals surface area contributed by atoms with E-state index in [4.69, 9.17) is 28.7 Å². The Balaban J connectivity index is 1.83. The Kier molecular flexibility index (Phi) is 11.0. The van der Waals surface area contributed by atoms with E-state index in [2.05, 4.69) is 6.92 Å². The number of carbonyl (C=O) groups excluding carboxylic acids is 3. The molecule has 4 rings (SSSR count). The van der Waals surface area contributed by atoms with Gasteiger partial charge in [0.1, 0.15) is 18.1 Å². The lowest BCUT2D eigenvalue weighted by molar-refractivity contribution is -0.295. The van der Waals surface area contributed by atoms with Crippen molar-refractivity contribution in [3.05, 3.63) is 0 Å². The Morgan fingerprint density at radius 2 is 1.72 bits per heavy atom. The predicted octanol–water partition coefficient (Wildman–Crippen LogP) is 3.46. The number of nitrogens with zero attached hydrogens (tertiary/aromatic N) is 3. The van der Waals surface area contributed by atoms with E-state index in [-0.39, 0.29) is 35.8 Å². The monoisotopic (exact) mass is 651 g/mol. The second kappa shape index (κ2) is 13.8. The molecule has 0 saturated carbocycles. The zero-order chi connectivity index (χ0) is 34.5. The Morgan fingerprint density at radius 1 is 1.07 bits per heavy atom. The largest absolute Gasteiger partial charge is 0.458 e. The molecule has 3 saturated heterocycles. The molecule has 1 N–H and O–H groups in total. The Hall–Kier alpha value is -2.12. The summed E-state index contributed by atoms with van der Waals surface area (Å²) in [5.41, 5.74) is -1.34. The molecular formula is C34H57N3O9. The van der Waals surface area contributed by atoms with E-state index in [1.54, 1.807) is 18.9 Å². The van der Waals surface area contributed by atoms with Gasteiger partial charge in [0.15, 0.2) is 17.7 Å². The first-order valence-corrected chi connectivity index (χ1v) is 16.9. The molecule has 4 aliphatic heterocycles.